The number of amides is 1. The monoisotopic (exact) mass is 533 g/mol. The minimum absolute atomic E-state index is 0.0324. The number of nitrogens with zero attached hydrogens (tertiary/aromatic N) is 1. The minimum Gasteiger partial charge on any atom is -0.462 e. The summed E-state index contributed by atoms with van der Waals surface area (Å²) in [4.78, 5) is 55.7. The quantitative estimate of drug-likeness (QED) is 0.142. The highest BCUT2D eigenvalue weighted by Gasteiger charge is 2.62. The first-order valence-corrected chi connectivity index (χ1v) is 12.9. The molecule has 3 fully saturated rings. The molecule has 0 N–H and O–H groups in total. The topological polar surface area (TPSA) is 116 Å². The summed E-state index contributed by atoms with van der Waals surface area (Å²) in [6.45, 7) is 20.8. The molecule has 1 amide bonds. The molecule has 3 rings (SSSR count). The van der Waals surface area contributed by atoms with Crippen molar-refractivity contribution >= 4 is 29.6 Å². The van der Waals surface area contributed by atoms with E-state index in [9.17, 15) is 24.0 Å². The van der Waals surface area contributed by atoms with Gasteiger partial charge in [-0.1, -0.05) is 40.5 Å². The van der Waals surface area contributed by atoms with Crippen LogP contribution in [0.1, 0.15) is 73.1 Å². The lowest BCUT2D eigenvalue weighted by atomic mass is 9.70. The van der Waals surface area contributed by atoms with Gasteiger partial charge >= 0.3 is 17.9 Å². The Balaban J connectivity index is 0.000000298. The summed E-state index contributed by atoms with van der Waals surface area (Å²) < 4.78 is 14.8. The van der Waals surface area contributed by atoms with E-state index < -0.39 is 11.9 Å². The van der Waals surface area contributed by atoms with Gasteiger partial charge in [-0.3, -0.25) is 14.4 Å². The highest BCUT2D eigenvalue weighted by atomic mass is 16.6. The molecule has 2 saturated carbocycles. The number of ketones is 1. The Hall–Kier alpha value is -3.23. The molecule has 38 heavy (non-hydrogen) atoms. The van der Waals surface area contributed by atoms with Crippen LogP contribution >= 0.6 is 0 Å². The van der Waals surface area contributed by atoms with E-state index in [4.69, 9.17) is 4.74 Å². The van der Waals surface area contributed by atoms with Crippen LogP contribution in [0.4, 0.5) is 0 Å². The van der Waals surface area contributed by atoms with Crippen molar-refractivity contribution in [1.29, 1.82) is 0 Å². The molecule has 0 spiro atoms. The van der Waals surface area contributed by atoms with Crippen LogP contribution in [0.5, 0.6) is 0 Å². The molecule has 1 saturated heterocycles. The van der Waals surface area contributed by atoms with E-state index in [0.29, 0.717) is 17.8 Å². The van der Waals surface area contributed by atoms with Gasteiger partial charge in [0.05, 0.1) is 0 Å². The van der Waals surface area contributed by atoms with Gasteiger partial charge in [-0.2, -0.15) is 0 Å². The molecule has 9 nitrogen and oxygen atoms in total. The number of esters is 3. The van der Waals surface area contributed by atoms with E-state index >= 15 is 0 Å². The zero-order valence-electron chi connectivity index (χ0n) is 23.5. The van der Waals surface area contributed by atoms with Gasteiger partial charge in [-0.15, -0.1) is 0 Å². The SMILES string of the molecule is C=C(C)C(=O)OCCOC(=O)CC(C)=O.C=CC(=O)OC1CC2CCC1(C)C2(C)C.C=CN1CCCC1=O. The molecule has 212 valence electrons. The molecule has 0 aromatic rings. The number of hydrogen-bond donors (Lipinski definition) is 0. The fourth-order valence-electron chi connectivity index (χ4n) is 5.03. The number of fused-ring (bicyclic) bond motifs is 2. The first-order chi connectivity index (χ1) is 17.7. The van der Waals surface area contributed by atoms with E-state index in [0.717, 1.165) is 19.4 Å². The van der Waals surface area contributed by atoms with Gasteiger partial charge in [0.1, 0.15) is 31.5 Å². The third kappa shape index (κ3) is 8.96. The second-order valence-corrected chi connectivity index (χ2v) is 10.6. The molecule has 0 aromatic carbocycles. The number of ether oxygens (including phenoxy) is 3. The number of hydrogen-bond acceptors (Lipinski definition) is 8. The zero-order valence-corrected chi connectivity index (χ0v) is 23.5. The smallest absolute Gasteiger partial charge is 0.333 e. The standard InChI is InChI=1S/C13H20O2.C10H14O5.C6H9NO/c1-5-11(14)15-10-8-9-6-7-13(10,4)12(9,2)3;1-7(2)10(13)15-5-4-14-9(12)6-8(3)11;1-2-7-5-3-4-6(7)8/h5,9-10H,1,6-8H2,2-4H3;1,4-6H2,2-3H3;2H,1,3-5H2. The third-order valence-corrected chi connectivity index (χ3v) is 7.79. The van der Waals surface area contributed by atoms with Crippen LogP contribution in [0, 0.1) is 16.7 Å². The van der Waals surface area contributed by atoms with Crippen LogP contribution in [-0.2, 0) is 38.2 Å². The molecule has 3 aliphatic rings. The van der Waals surface area contributed by atoms with Gasteiger partial charge in [0.2, 0.25) is 5.91 Å². The lowest BCUT2D eigenvalue weighted by Gasteiger charge is -2.38. The van der Waals surface area contributed by atoms with Crippen molar-refractivity contribution < 1.29 is 38.2 Å². The Kier molecular flexibility index (Phi) is 12.6. The van der Waals surface area contributed by atoms with Crippen molar-refractivity contribution in [3.8, 4) is 0 Å². The first-order valence-electron chi connectivity index (χ1n) is 12.9. The molecule has 1 heterocycles. The average molecular weight is 534 g/mol. The lowest BCUT2D eigenvalue weighted by Crippen LogP contribution is -2.38. The predicted molar refractivity (Wildman–Crippen MR) is 142 cm³/mol. The van der Waals surface area contributed by atoms with Crippen molar-refractivity contribution in [3.05, 3.63) is 37.6 Å². The van der Waals surface area contributed by atoms with E-state index in [1.807, 2.05) is 0 Å². The van der Waals surface area contributed by atoms with E-state index in [1.54, 1.807) is 11.1 Å². The van der Waals surface area contributed by atoms with Gasteiger partial charge in [0, 0.05) is 30.0 Å². The van der Waals surface area contributed by atoms with Gasteiger partial charge in [0.15, 0.2) is 0 Å². The number of likely N-dealkylation sites (tertiary alicyclic amines) is 1. The molecule has 2 bridgehead atoms. The van der Waals surface area contributed by atoms with Gasteiger partial charge in [-0.05, 0) is 57.1 Å². The normalized spacial score (nSPS) is 24.1. The van der Waals surface area contributed by atoms with Crippen molar-refractivity contribution in [2.75, 3.05) is 19.8 Å². The Morgan fingerprint density at radius 2 is 1.71 bits per heavy atom. The Bertz CT molecular complexity index is 937. The Labute approximate surface area is 226 Å². The number of Topliss-reactive ketones (excluding diaryl/α,β-unsaturated/α-hetero) is 1. The maximum absolute atomic E-state index is 11.3. The summed E-state index contributed by atoms with van der Waals surface area (Å²) >= 11 is 0. The van der Waals surface area contributed by atoms with Crippen molar-refractivity contribution in [1.82, 2.24) is 4.90 Å². The van der Waals surface area contributed by atoms with E-state index in [2.05, 4.69) is 50.0 Å². The first kappa shape index (κ1) is 32.8. The van der Waals surface area contributed by atoms with Crippen molar-refractivity contribution in [2.24, 2.45) is 16.7 Å². The van der Waals surface area contributed by atoms with Crippen LogP contribution in [0.3, 0.4) is 0 Å². The minimum atomic E-state index is -0.617. The molecule has 9 heteroatoms. The fourth-order valence-corrected chi connectivity index (χ4v) is 5.03. The predicted octanol–water partition coefficient (Wildman–Crippen LogP) is 4.31. The molecular weight excluding hydrogens is 490 g/mol. The van der Waals surface area contributed by atoms with Gasteiger partial charge in [-0.25, -0.2) is 9.59 Å². The summed E-state index contributed by atoms with van der Waals surface area (Å²) in [7, 11) is 0. The largest absolute Gasteiger partial charge is 0.462 e. The van der Waals surface area contributed by atoms with E-state index in [-0.39, 0.29) is 54.4 Å². The molecule has 0 radical (unpaired) electrons. The highest BCUT2D eigenvalue weighted by Crippen LogP contribution is 2.66. The summed E-state index contributed by atoms with van der Waals surface area (Å²) in [5, 5.41) is 0. The second kappa shape index (κ2) is 14.6. The van der Waals surface area contributed by atoms with E-state index in [1.165, 1.54) is 32.8 Å². The Morgan fingerprint density at radius 1 is 1.08 bits per heavy atom. The molecular formula is C29H43NO8. The molecule has 3 atom stereocenters. The van der Waals surface area contributed by atoms with Crippen molar-refractivity contribution in [3.63, 3.8) is 0 Å². The highest BCUT2D eigenvalue weighted by molar-refractivity contribution is 5.94. The number of carbonyl (C=O) groups is 5. The molecule has 0 aromatic heterocycles. The summed E-state index contributed by atoms with van der Waals surface area (Å²) in [6.07, 6.45) is 7.88. The molecule has 1 aliphatic heterocycles. The third-order valence-electron chi connectivity index (χ3n) is 7.79. The van der Waals surface area contributed by atoms with Crippen LogP contribution in [0.25, 0.3) is 0 Å². The lowest BCUT2D eigenvalue weighted by molar-refractivity contribution is -0.151. The van der Waals surface area contributed by atoms with Gasteiger partial charge < -0.3 is 19.1 Å². The summed E-state index contributed by atoms with van der Waals surface area (Å²) in [5.41, 5.74) is 0.750. The van der Waals surface area contributed by atoms with Crippen LogP contribution in [0.15, 0.2) is 37.6 Å². The van der Waals surface area contributed by atoms with Gasteiger partial charge in [0.25, 0.3) is 0 Å². The van der Waals surface area contributed by atoms with Crippen LogP contribution < -0.4 is 0 Å². The Morgan fingerprint density at radius 3 is 2.11 bits per heavy atom. The molecule has 2 aliphatic carbocycles. The van der Waals surface area contributed by atoms with Crippen LogP contribution in [-0.4, -0.2) is 60.4 Å². The van der Waals surface area contributed by atoms with Crippen molar-refractivity contribution in [2.45, 2.75) is 79.2 Å². The fraction of sp³-hybridized carbons (Fsp3) is 0.621. The molecule has 3 unspecified atom stereocenters. The second-order valence-electron chi connectivity index (χ2n) is 10.6. The maximum atomic E-state index is 11.3. The van der Waals surface area contributed by atoms with Crippen LogP contribution in [0.2, 0.25) is 0 Å². The summed E-state index contributed by atoms with van der Waals surface area (Å²) in [6, 6.07) is 0. The maximum Gasteiger partial charge on any atom is 0.333 e. The number of carbonyl (C=O) groups excluding carboxylic acids is 5. The summed E-state index contributed by atoms with van der Waals surface area (Å²) in [5.74, 6) is -0.764. The average Bonchev–Trinajstić information content (AvgIpc) is 3.42. The number of rotatable bonds is 9. The zero-order chi connectivity index (χ0) is 29.1.